The molecule has 0 spiro atoms. The highest BCUT2D eigenvalue weighted by molar-refractivity contribution is 5.38. The first kappa shape index (κ1) is 15.8. The predicted molar refractivity (Wildman–Crippen MR) is 88.6 cm³/mol. The van der Waals surface area contributed by atoms with Crippen LogP contribution in [0.5, 0.6) is 0 Å². The van der Waals surface area contributed by atoms with Gasteiger partial charge in [0.2, 0.25) is 0 Å². The standard InChI is InChI=1S/C18H27N3/c1-6-8-15-9-11-16(12-10-15)18(19-7-2)17-13(3)20-21(5)14(17)4/h9-12,18-19H,6-8H2,1-5H3. The molecule has 1 aromatic heterocycles. The summed E-state index contributed by atoms with van der Waals surface area (Å²) in [6, 6.07) is 9.24. The Hall–Kier alpha value is -1.61. The molecule has 2 rings (SSSR count). The molecule has 0 fully saturated rings. The summed E-state index contributed by atoms with van der Waals surface area (Å²) in [5.41, 5.74) is 6.38. The second kappa shape index (κ2) is 6.90. The molecule has 0 saturated heterocycles. The highest BCUT2D eigenvalue weighted by Gasteiger charge is 2.20. The molecule has 114 valence electrons. The fraction of sp³-hybridized carbons (Fsp3) is 0.500. The average molecular weight is 285 g/mol. The quantitative estimate of drug-likeness (QED) is 0.877. The van der Waals surface area contributed by atoms with Crippen molar-refractivity contribution in [3.63, 3.8) is 0 Å². The molecule has 0 aliphatic rings. The maximum absolute atomic E-state index is 4.56. The van der Waals surface area contributed by atoms with Crippen LogP contribution in [0.3, 0.4) is 0 Å². The largest absolute Gasteiger partial charge is 0.306 e. The molecule has 2 aromatic rings. The van der Waals surface area contributed by atoms with Crippen molar-refractivity contribution in [2.45, 2.75) is 46.6 Å². The van der Waals surface area contributed by atoms with Gasteiger partial charge in [-0.2, -0.15) is 5.10 Å². The Morgan fingerprint density at radius 1 is 1.14 bits per heavy atom. The SMILES string of the molecule is CCCc1ccc(C(NCC)c2c(C)nn(C)c2C)cc1. The minimum absolute atomic E-state index is 0.222. The predicted octanol–water partition coefficient (Wildman–Crippen LogP) is 3.69. The second-order valence-corrected chi connectivity index (χ2v) is 5.69. The third-order valence-electron chi connectivity index (χ3n) is 4.11. The molecule has 1 unspecified atom stereocenters. The summed E-state index contributed by atoms with van der Waals surface area (Å²) in [7, 11) is 2.01. The van der Waals surface area contributed by atoms with Gasteiger partial charge in [0, 0.05) is 18.3 Å². The van der Waals surface area contributed by atoms with Crippen molar-refractivity contribution in [2.24, 2.45) is 7.05 Å². The number of hydrogen-bond acceptors (Lipinski definition) is 2. The van der Waals surface area contributed by atoms with Gasteiger partial charge >= 0.3 is 0 Å². The number of rotatable bonds is 6. The first-order valence-corrected chi connectivity index (χ1v) is 7.90. The number of aromatic nitrogens is 2. The van der Waals surface area contributed by atoms with E-state index in [1.54, 1.807) is 0 Å². The Bertz CT molecular complexity index is 581. The van der Waals surface area contributed by atoms with Crippen LogP contribution in [0.4, 0.5) is 0 Å². The minimum atomic E-state index is 0.222. The van der Waals surface area contributed by atoms with Crippen molar-refractivity contribution < 1.29 is 0 Å². The van der Waals surface area contributed by atoms with Crippen LogP contribution < -0.4 is 5.32 Å². The molecule has 1 aromatic carbocycles. The Morgan fingerprint density at radius 2 is 1.81 bits per heavy atom. The van der Waals surface area contributed by atoms with Crippen LogP contribution in [0.25, 0.3) is 0 Å². The third kappa shape index (κ3) is 3.35. The molecular formula is C18H27N3. The van der Waals surface area contributed by atoms with Gasteiger partial charge in [-0.25, -0.2) is 0 Å². The molecular weight excluding hydrogens is 258 g/mol. The van der Waals surface area contributed by atoms with E-state index in [1.807, 2.05) is 11.7 Å². The number of nitrogens with zero attached hydrogens (tertiary/aromatic N) is 2. The van der Waals surface area contributed by atoms with Crippen molar-refractivity contribution in [3.8, 4) is 0 Å². The van der Waals surface area contributed by atoms with Crippen LogP contribution in [-0.4, -0.2) is 16.3 Å². The van der Waals surface area contributed by atoms with Gasteiger partial charge in [0.05, 0.1) is 11.7 Å². The van der Waals surface area contributed by atoms with E-state index >= 15 is 0 Å². The van der Waals surface area contributed by atoms with E-state index in [0.29, 0.717) is 0 Å². The molecule has 1 heterocycles. The van der Waals surface area contributed by atoms with Gasteiger partial charge < -0.3 is 5.32 Å². The molecule has 0 aliphatic carbocycles. The summed E-state index contributed by atoms with van der Waals surface area (Å²) in [5.74, 6) is 0. The van der Waals surface area contributed by atoms with Crippen molar-refractivity contribution in [1.29, 1.82) is 0 Å². The molecule has 0 radical (unpaired) electrons. The number of nitrogens with one attached hydrogen (secondary N) is 1. The van der Waals surface area contributed by atoms with Crippen LogP contribution in [-0.2, 0) is 13.5 Å². The van der Waals surface area contributed by atoms with Gasteiger partial charge in [0.1, 0.15) is 0 Å². The highest BCUT2D eigenvalue weighted by Crippen LogP contribution is 2.27. The molecule has 3 nitrogen and oxygen atoms in total. The fourth-order valence-corrected chi connectivity index (χ4v) is 2.96. The Morgan fingerprint density at radius 3 is 2.29 bits per heavy atom. The van der Waals surface area contributed by atoms with Crippen molar-refractivity contribution in [2.75, 3.05) is 6.54 Å². The zero-order valence-electron chi connectivity index (χ0n) is 13.9. The van der Waals surface area contributed by atoms with Crippen molar-refractivity contribution >= 4 is 0 Å². The molecule has 3 heteroatoms. The lowest BCUT2D eigenvalue weighted by atomic mass is 9.95. The number of benzene rings is 1. The molecule has 21 heavy (non-hydrogen) atoms. The van der Waals surface area contributed by atoms with Crippen LogP contribution in [0.2, 0.25) is 0 Å². The van der Waals surface area contributed by atoms with E-state index in [0.717, 1.165) is 18.7 Å². The lowest BCUT2D eigenvalue weighted by molar-refractivity contribution is 0.622. The zero-order chi connectivity index (χ0) is 15.4. The highest BCUT2D eigenvalue weighted by atomic mass is 15.3. The summed E-state index contributed by atoms with van der Waals surface area (Å²) < 4.78 is 1.97. The van der Waals surface area contributed by atoms with E-state index in [2.05, 4.69) is 62.4 Å². The van der Waals surface area contributed by atoms with E-state index < -0.39 is 0 Å². The maximum atomic E-state index is 4.56. The smallest absolute Gasteiger partial charge is 0.0647 e. The van der Waals surface area contributed by atoms with Crippen LogP contribution >= 0.6 is 0 Å². The number of aryl methyl sites for hydroxylation is 3. The molecule has 0 saturated carbocycles. The fourth-order valence-electron chi connectivity index (χ4n) is 2.96. The average Bonchev–Trinajstić information content (AvgIpc) is 2.71. The lowest BCUT2D eigenvalue weighted by Gasteiger charge is -2.20. The molecule has 0 bridgehead atoms. The Kier molecular flexibility index (Phi) is 5.18. The Labute approximate surface area is 128 Å². The van der Waals surface area contributed by atoms with Crippen molar-refractivity contribution in [3.05, 3.63) is 52.3 Å². The summed E-state index contributed by atoms with van der Waals surface area (Å²) in [6.45, 7) is 9.55. The van der Waals surface area contributed by atoms with Gasteiger partial charge in [-0.05, 0) is 37.9 Å². The maximum Gasteiger partial charge on any atom is 0.0647 e. The topological polar surface area (TPSA) is 29.9 Å². The number of hydrogen-bond donors (Lipinski definition) is 1. The third-order valence-corrected chi connectivity index (χ3v) is 4.11. The second-order valence-electron chi connectivity index (χ2n) is 5.69. The van der Waals surface area contributed by atoms with E-state index in [9.17, 15) is 0 Å². The van der Waals surface area contributed by atoms with Crippen LogP contribution in [0, 0.1) is 13.8 Å². The Balaban J connectivity index is 2.38. The minimum Gasteiger partial charge on any atom is -0.306 e. The zero-order valence-corrected chi connectivity index (χ0v) is 13.9. The van der Waals surface area contributed by atoms with Gasteiger partial charge in [-0.1, -0.05) is 44.5 Å². The van der Waals surface area contributed by atoms with Crippen LogP contribution in [0.15, 0.2) is 24.3 Å². The lowest BCUT2D eigenvalue weighted by Crippen LogP contribution is -2.23. The van der Waals surface area contributed by atoms with E-state index in [4.69, 9.17) is 0 Å². The van der Waals surface area contributed by atoms with Gasteiger partial charge in [-0.15, -0.1) is 0 Å². The summed E-state index contributed by atoms with van der Waals surface area (Å²) in [6.07, 6.45) is 2.34. The summed E-state index contributed by atoms with van der Waals surface area (Å²) in [4.78, 5) is 0. The molecule has 1 atom stereocenters. The monoisotopic (exact) mass is 285 g/mol. The molecule has 0 amide bonds. The van der Waals surface area contributed by atoms with E-state index in [1.165, 1.54) is 28.8 Å². The van der Waals surface area contributed by atoms with E-state index in [-0.39, 0.29) is 6.04 Å². The summed E-state index contributed by atoms with van der Waals surface area (Å²) in [5, 5.41) is 8.17. The molecule has 1 N–H and O–H groups in total. The van der Waals surface area contributed by atoms with Gasteiger partial charge in [0.15, 0.2) is 0 Å². The first-order chi connectivity index (χ1) is 10.1. The van der Waals surface area contributed by atoms with Crippen molar-refractivity contribution in [1.82, 2.24) is 15.1 Å². The van der Waals surface area contributed by atoms with Gasteiger partial charge in [-0.3, -0.25) is 4.68 Å². The van der Waals surface area contributed by atoms with Crippen LogP contribution in [0.1, 0.15) is 54.4 Å². The van der Waals surface area contributed by atoms with Gasteiger partial charge in [0.25, 0.3) is 0 Å². The first-order valence-electron chi connectivity index (χ1n) is 7.90. The molecule has 0 aliphatic heterocycles. The normalized spacial score (nSPS) is 12.6. The summed E-state index contributed by atoms with van der Waals surface area (Å²) >= 11 is 0.